The van der Waals surface area contributed by atoms with Crippen LogP contribution in [-0.4, -0.2) is 29.7 Å². The summed E-state index contributed by atoms with van der Waals surface area (Å²) >= 11 is 1.42. The van der Waals surface area contributed by atoms with Crippen molar-refractivity contribution in [1.29, 1.82) is 5.26 Å². The van der Waals surface area contributed by atoms with Crippen LogP contribution < -0.4 is 9.47 Å². The normalized spacial score (nSPS) is 10.2. The molecule has 0 saturated carbocycles. The molecule has 3 aromatic rings. The van der Waals surface area contributed by atoms with Crippen molar-refractivity contribution >= 4 is 11.8 Å². The molecule has 3 rings (SSSR count). The van der Waals surface area contributed by atoms with Gasteiger partial charge in [0.25, 0.3) is 11.1 Å². The van der Waals surface area contributed by atoms with Crippen molar-refractivity contribution in [3.05, 3.63) is 54.1 Å². The maximum absolute atomic E-state index is 8.76. The first-order chi connectivity index (χ1) is 12.3. The second-order valence-corrected chi connectivity index (χ2v) is 5.95. The van der Waals surface area contributed by atoms with Crippen LogP contribution in [0.25, 0.3) is 11.5 Å². The van der Waals surface area contributed by atoms with E-state index < -0.39 is 0 Å². The number of ether oxygens (including phenoxy) is 2. The number of methoxy groups -OCH3 is 1. The molecule has 0 N–H and O–H groups in total. The summed E-state index contributed by atoms with van der Waals surface area (Å²) in [7, 11) is 1.60. The minimum atomic E-state index is 0.424. The number of benzene rings is 2. The van der Waals surface area contributed by atoms with Gasteiger partial charge in [0.1, 0.15) is 11.5 Å². The molecule has 0 bridgehead atoms. The Hall–Kier alpha value is -2.98. The lowest BCUT2D eigenvalue weighted by molar-refractivity contribution is 0.343. The Kier molecular flexibility index (Phi) is 5.54. The van der Waals surface area contributed by atoms with Crippen LogP contribution in [0.4, 0.5) is 0 Å². The summed E-state index contributed by atoms with van der Waals surface area (Å²) in [6.07, 6.45) is 0. The molecule has 0 radical (unpaired) electrons. The molecule has 7 heteroatoms. The first kappa shape index (κ1) is 16.9. The van der Waals surface area contributed by atoms with Crippen molar-refractivity contribution < 1.29 is 13.9 Å². The van der Waals surface area contributed by atoms with Gasteiger partial charge in [-0.3, -0.25) is 0 Å². The minimum Gasteiger partial charge on any atom is -0.496 e. The first-order valence-corrected chi connectivity index (χ1v) is 8.51. The maximum Gasteiger partial charge on any atom is 0.276 e. The lowest BCUT2D eigenvalue weighted by Gasteiger charge is -2.04. The Balaban J connectivity index is 1.52. The molecular weight excluding hydrogens is 338 g/mol. The average Bonchev–Trinajstić information content (AvgIpc) is 3.14. The molecule has 0 amide bonds. The largest absolute Gasteiger partial charge is 0.496 e. The predicted octanol–water partition coefficient (Wildman–Crippen LogP) is 3.79. The van der Waals surface area contributed by atoms with Gasteiger partial charge < -0.3 is 13.9 Å². The van der Waals surface area contributed by atoms with Crippen molar-refractivity contribution in [2.45, 2.75) is 5.22 Å². The molecule has 6 nitrogen and oxygen atoms in total. The van der Waals surface area contributed by atoms with Crippen LogP contribution in [0.1, 0.15) is 5.56 Å². The molecule has 2 aromatic carbocycles. The van der Waals surface area contributed by atoms with Crippen molar-refractivity contribution in [3.8, 4) is 29.0 Å². The van der Waals surface area contributed by atoms with E-state index in [0.29, 0.717) is 34.8 Å². The van der Waals surface area contributed by atoms with Gasteiger partial charge in [-0.05, 0) is 36.4 Å². The van der Waals surface area contributed by atoms with Crippen molar-refractivity contribution in [3.63, 3.8) is 0 Å². The molecule has 0 fully saturated rings. The third kappa shape index (κ3) is 4.31. The molecule has 1 heterocycles. The van der Waals surface area contributed by atoms with E-state index in [9.17, 15) is 0 Å². The van der Waals surface area contributed by atoms with Gasteiger partial charge in [-0.25, -0.2) is 0 Å². The molecule has 25 heavy (non-hydrogen) atoms. The monoisotopic (exact) mass is 353 g/mol. The molecule has 0 unspecified atom stereocenters. The Labute approximate surface area is 149 Å². The van der Waals surface area contributed by atoms with Crippen LogP contribution in [-0.2, 0) is 0 Å². The van der Waals surface area contributed by atoms with Gasteiger partial charge in [-0.15, -0.1) is 10.2 Å². The molecule has 0 saturated heterocycles. The quantitative estimate of drug-likeness (QED) is 0.472. The molecule has 126 valence electrons. The second-order valence-electron chi connectivity index (χ2n) is 4.91. The molecule has 0 aliphatic rings. The average molecular weight is 353 g/mol. The van der Waals surface area contributed by atoms with E-state index in [1.54, 1.807) is 31.4 Å². The third-order valence-electron chi connectivity index (χ3n) is 3.30. The predicted molar refractivity (Wildman–Crippen MR) is 93.7 cm³/mol. The zero-order valence-electron chi connectivity index (χ0n) is 13.5. The maximum atomic E-state index is 8.76. The van der Waals surface area contributed by atoms with Crippen LogP contribution in [0.3, 0.4) is 0 Å². The van der Waals surface area contributed by atoms with E-state index in [1.165, 1.54) is 11.8 Å². The number of nitriles is 1. The summed E-state index contributed by atoms with van der Waals surface area (Å²) in [4.78, 5) is 0. The first-order valence-electron chi connectivity index (χ1n) is 7.53. The fourth-order valence-corrected chi connectivity index (χ4v) is 2.69. The summed E-state index contributed by atoms with van der Waals surface area (Å²) in [6.45, 7) is 0.489. The highest BCUT2D eigenvalue weighted by Gasteiger charge is 2.13. The summed E-state index contributed by atoms with van der Waals surface area (Å²) in [5.41, 5.74) is 1.37. The van der Waals surface area contributed by atoms with Crippen LogP contribution in [0.2, 0.25) is 0 Å². The number of para-hydroxylation sites is 1. The van der Waals surface area contributed by atoms with Crippen LogP contribution >= 0.6 is 11.8 Å². The van der Waals surface area contributed by atoms with Gasteiger partial charge in [-0.1, -0.05) is 23.9 Å². The molecule has 0 aliphatic carbocycles. The van der Waals surface area contributed by atoms with Gasteiger partial charge in [0.2, 0.25) is 0 Å². The smallest absolute Gasteiger partial charge is 0.276 e. The number of hydrogen-bond donors (Lipinski definition) is 0. The highest BCUT2D eigenvalue weighted by molar-refractivity contribution is 7.99. The molecule has 0 spiro atoms. The topological polar surface area (TPSA) is 81.2 Å². The third-order valence-corrected chi connectivity index (χ3v) is 4.09. The number of rotatable bonds is 7. The molecular formula is C18H15N3O3S. The zero-order valence-corrected chi connectivity index (χ0v) is 14.3. The number of aromatic nitrogens is 2. The molecule has 0 aliphatic heterocycles. The van der Waals surface area contributed by atoms with Gasteiger partial charge in [0.15, 0.2) is 0 Å². The fraction of sp³-hybridized carbons (Fsp3) is 0.167. The highest BCUT2D eigenvalue weighted by Crippen LogP contribution is 2.30. The highest BCUT2D eigenvalue weighted by atomic mass is 32.2. The lowest BCUT2D eigenvalue weighted by atomic mass is 10.2. The Morgan fingerprint density at radius 1 is 1.12 bits per heavy atom. The van der Waals surface area contributed by atoms with E-state index in [0.717, 1.165) is 11.3 Å². The standard InChI is InChI=1S/C18H15N3O3S/c1-22-16-5-3-2-4-15(16)17-20-21-18(24-17)25-11-10-23-14-8-6-13(12-19)7-9-14/h2-9H,10-11H2,1H3. The van der Waals surface area contributed by atoms with E-state index in [2.05, 4.69) is 16.3 Å². The lowest BCUT2D eigenvalue weighted by Crippen LogP contribution is -1.99. The summed E-state index contributed by atoms with van der Waals surface area (Å²) in [5.74, 6) is 2.49. The van der Waals surface area contributed by atoms with Crippen LogP contribution in [0, 0.1) is 11.3 Å². The zero-order chi connectivity index (χ0) is 17.5. The number of thioether (sulfide) groups is 1. The van der Waals surface area contributed by atoms with Crippen molar-refractivity contribution in [2.75, 3.05) is 19.5 Å². The van der Waals surface area contributed by atoms with Gasteiger partial charge in [-0.2, -0.15) is 5.26 Å². The van der Waals surface area contributed by atoms with Crippen molar-refractivity contribution in [1.82, 2.24) is 10.2 Å². The van der Waals surface area contributed by atoms with Gasteiger partial charge in [0.05, 0.1) is 30.9 Å². The molecule has 0 atom stereocenters. The van der Waals surface area contributed by atoms with Crippen molar-refractivity contribution in [2.24, 2.45) is 0 Å². The number of nitrogens with zero attached hydrogens (tertiary/aromatic N) is 3. The van der Waals surface area contributed by atoms with Gasteiger partial charge >= 0.3 is 0 Å². The van der Waals surface area contributed by atoms with Crippen LogP contribution in [0.5, 0.6) is 11.5 Å². The van der Waals surface area contributed by atoms with Gasteiger partial charge in [0, 0.05) is 5.75 Å². The second kappa shape index (κ2) is 8.22. The molecule has 1 aromatic heterocycles. The van der Waals surface area contributed by atoms with E-state index in [4.69, 9.17) is 19.2 Å². The summed E-state index contributed by atoms with van der Waals surface area (Å²) in [6, 6.07) is 16.5. The SMILES string of the molecule is COc1ccccc1-c1nnc(SCCOc2ccc(C#N)cc2)o1. The van der Waals surface area contributed by atoms with E-state index in [-0.39, 0.29) is 0 Å². The number of hydrogen-bond acceptors (Lipinski definition) is 7. The minimum absolute atomic E-state index is 0.424. The van der Waals surface area contributed by atoms with Crippen LogP contribution in [0.15, 0.2) is 58.2 Å². The summed E-state index contributed by atoms with van der Waals surface area (Å²) in [5, 5.41) is 17.3. The summed E-state index contributed by atoms with van der Waals surface area (Å²) < 4.78 is 16.6. The Bertz CT molecular complexity index is 872. The Morgan fingerprint density at radius 2 is 1.92 bits per heavy atom. The van der Waals surface area contributed by atoms with E-state index >= 15 is 0 Å². The van der Waals surface area contributed by atoms with E-state index in [1.807, 2.05) is 24.3 Å². The Morgan fingerprint density at radius 3 is 2.68 bits per heavy atom. The fourth-order valence-electron chi connectivity index (χ4n) is 2.11.